The first-order chi connectivity index (χ1) is 22.5. The third-order valence-corrected chi connectivity index (χ3v) is 6.78. The number of hydrogen-bond acceptors (Lipinski definition) is 2. The Morgan fingerprint density at radius 3 is 1.59 bits per heavy atom. The molecule has 0 aromatic heterocycles. The monoisotopic (exact) mass is 628 g/mol. The highest BCUT2D eigenvalue weighted by Crippen LogP contribution is 2.12. The second kappa shape index (κ2) is 35.6. The number of carboxylic acids is 2. The van der Waals surface area contributed by atoms with E-state index in [2.05, 4.69) is 104 Å². The molecule has 0 radical (unpaired) electrons. The Bertz CT molecular complexity index is 1080. The number of aliphatic carboxylic acids is 2. The number of carbonyl (C=O) groups is 2. The van der Waals surface area contributed by atoms with Gasteiger partial charge in [-0.2, -0.15) is 0 Å². The molecule has 0 spiro atoms. The molecule has 0 aromatic carbocycles. The molecule has 0 saturated heterocycles. The van der Waals surface area contributed by atoms with Crippen molar-refractivity contribution in [2.45, 2.75) is 116 Å². The van der Waals surface area contributed by atoms with Crippen LogP contribution in [0.25, 0.3) is 0 Å². The van der Waals surface area contributed by atoms with Crippen LogP contribution in [0.3, 0.4) is 0 Å². The Morgan fingerprint density at radius 1 is 0.522 bits per heavy atom. The largest absolute Gasteiger partial charge is 0.481 e. The molecule has 4 nitrogen and oxygen atoms in total. The summed E-state index contributed by atoms with van der Waals surface area (Å²) in [5, 5.41) is 17.2. The zero-order chi connectivity index (χ0) is 33.6. The number of unbranched alkanes of at least 4 members (excludes halogenated alkanes) is 4. The Kier molecular flexibility index (Phi) is 32.6. The third-order valence-electron chi connectivity index (χ3n) is 6.78. The van der Waals surface area contributed by atoms with Gasteiger partial charge in [0.25, 0.3) is 0 Å². The molecule has 0 aromatic rings. The Labute approximate surface area is 280 Å². The first-order valence-corrected chi connectivity index (χ1v) is 17.2. The summed E-state index contributed by atoms with van der Waals surface area (Å²) >= 11 is 0. The molecule has 0 saturated carbocycles. The molecule has 46 heavy (non-hydrogen) atoms. The lowest BCUT2D eigenvalue weighted by Crippen LogP contribution is -1.92. The van der Waals surface area contributed by atoms with E-state index in [-0.39, 0.29) is 12.8 Å². The molecule has 0 aliphatic heterocycles. The van der Waals surface area contributed by atoms with Gasteiger partial charge in [0, 0.05) is 12.8 Å². The molecule has 0 bridgehead atoms. The maximum atomic E-state index is 10.4. The number of rotatable bonds is 29. The van der Waals surface area contributed by atoms with Crippen molar-refractivity contribution in [3.05, 3.63) is 127 Å². The fraction of sp³-hybridized carbons (Fsp3) is 0.452. The smallest absolute Gasteiger partial charge is 0.303 e. The van der Waals surface area contributed by atoms with Crippen molar-refractivity contribution in [3.8, 4) is 0 Å². The minimum atomic E-state index is -0.753. The van der Waals surface area contributed by atoms with Gasteiger partial charge in [0.15, 0.2) is 0 Å². The molecule has 0 aliphatic rings. The van der Waals surface area contributed by atoms with Gasteiger partial charge in [0.05, 0.1) is 0 Å². The predicted octanol–water partition coefficient (Wildman–Crippen LogP) is 12.1. The zero-order valence-electron chi connectivity index (χ0n) is 28.4. The van der Waals surface area contributed by atoms with E-state index in [1.54, 1.807) is 0 Å². The van der Waals surface area contributed by atoms with Gasteiger partial charge < -0.3 is 10.2 Å². The second-order valence-electron chi connectivity index (χ2n) is 11.2. The topological polar surface area (TPSA) is 74.6 Å². The summed E-state index contributed by atoms with van der Waals surface area (Å²) < 4.78 is 0. The van der Waals surface area contributed by atoms with E-state index < -0.39 is 11.9 Å². The highest BCUT2D eigenvalue weighted by Gasteiger charge is 1.96. The van der Waals surface area contributed by atoms with Crippen LogP contribution in [-0.4, -0.2) is 22.2 Å². The molecule has 252 valence electrons. The number of allylic oxidation sites excluding steroid dienone is 19. The van der Waals surface area contributed by atoms with Gasteiger partial charge in [0.1, 0.15) is 0 Å². The van der Waals surface area contributed by atoms with Gasteiger partial charge >= 0.3 is 11.9 Å². The summed E-state index contributed by atoms with van der Waals surface area (Å²) in [5.41, 5.74) is 3.17. The van der Waals surface area contributed by atoms with Crippen molar-refractivity contribution in [2.75, 3.05) is 0 Å². The minimum absolute atomic E-state index is 0.193. The van der Waals surface area contributed by atoms with Gasteiger partial charge in [-0.25, -0.2) is 0 Å². The van der Waals surface area contributed by atoms with Crippen LogP contribution in [0.5, 0.6) is 0 Å². The molecule has 0 aliphatic carbocycles. The van der Waals surface area contributed by atoms with Crippen LogP contribution in [0.1, 0.15) is 116 Å². The van der Waals surface area contributed by atoms with Crippen molar-refractivity contribution >= 4 is 11.9 Å². The lowest BCUT2D eigenvalue weighted by Gasteiger charge is -2.05. The van der Waals surface area contributed by atoms with E-state index in [1.165, 1.54) is 25.7 Å². The Balaban J connectivity index is 3.67. The number of carboxylic acid groups (broad SMARTS) is 2. The Hall–Kier alpha value is -3.88. The van der Waals surface area contributed by atoms with Gasteiger partial charge in [-0.1, -0.05) is 129 Å². The highest BCUT2D eigenvalue weighted by molar-refractivity contribution is 5.67. The predicted molar refractivity (Wildman–Crippen MR) is 198 cm³/mol. The van der Waals surface area contributed by atoms with Crippen LogP contribution in [-0.2, 0) is 9.59 Å². The molecule has 1 unspecified atom stereocenters. The molecule has 0 rings (SSSR count). The van der Waals surface area contributed by atoms with E-state index in [0.717, 1.165) is 57.8 Å². The maximum Gasteiger partial charge on any atom is 0.303 e. The fourth-order valence-corrected chi connectivity index (χ4v) is 4.18. The van der Waals surface area contributed by atoms with Crippen molar-refractivity contribution in [2.24, 2.45) is 5.92 Å². The molecule has 2 N–H and O–H groups in total. The first-order valence-electron chi connectivity index (χ1n) is 17.2. The van der Waals surface area contributed by atoms with Crippen molar-refractivity contribution in [1.29, 1.82) is 0 Å². The van der Waals surface area contributed by atoms with Crippen LogP contribution in [0.4, 0.5) is 0 Å². The molecule has 0 amide bonds. The van der Waals surface area contributed by atoms with E-state index in [1.807, 2.05) is 30.4 Å². The molecular weight excluding hydrogens is 568 g/mol. The minimum Gasteiger partial charge on any atom is -0.481 e. The first kappa shape index (κ1) is 42.1. The van der Waals surface area contributed by atoms with E-state index in [4.69, 9.17) is 10.2 Å². The van der Waals surface area contributed by atoms with Crippen molar-refractivity contribution < 1.29 is 19.8 Å². The van der Waals surface area contributed by atoms with Gasteiger partial charge in [0.2, 0.25) is 0 Å². The van der Waals surface area contributed by atoms with Crippen LogP contribution in [0.2, 0.25) is 0 Å². The van der Waals surface area contributed by atoms with E-state index in [9.17, 15) is 9.59 Å². The maximum absolute atomic E-state index is 10.4. The van der Waals surface area contributed by atoms with Gasteiger partial charge in [-0.05, 0) is 102 Å². The van der Waals surface area contributed by atoms with Gasteiger partial charge in [-0.3, -0.25) is 9.59 Å². The normalized spacial score (nSPS) is 13.3. The third kappa shape index (κ3) is 38.1. The zero-order valence-corrected chi connectivity index (χ0v) is 28.4. The molecule has 0 fully saturated rings. The summed E-state index contributed by atoms with van der Waals surface area (Å²) in [6.07, 6.45) is 58.0. The fourth-order valence-electron chi connectivity index (χ4n) is 4.18. The average Bonchev–Trinajstić information content (AvgIpc) is 3.03. The summed E-state index contributed by atoms with van der Waals surface area (Å²) in [7, 11) is 0. The summed E-state index contributed by atoms with van der Waals surface area (Å²) in [6, 6.07) is 0. The molecule has 4 heteroatoms. The van der Waals surface area contributed by atoms with Crippen LogP contribution >= 0.6 is 0 Å². The van der Waals surface area contributed by atoms with Crippen LogP contribution < -0.4 is 0 Å². The van der Waals surface area contributed by atoms with Crippen LogP contribution in [0.15, 0.2) is 127 Å². The van der Waals surface area contributed by atoms with Gasteiger partial charge in [-0.15, -0.1) is 5.73 Å². The van der Waals surface area contributed by atoms with Crippen molar-refractivity contribution in [3.63, 3.8) is 0 Å². The SMILES string of the molecule is CC(C=CCC=CCC=CCC=CCC=CCCCC(=O)O)CCCCCC=CCC=CC=C=CCC=CCC=CCCC(=O)O. The lowest BCUT2D eigenvalue weighted by atomic mass is 10.0. The summed E-state index contributed by atoms with van der Waals surface area (Å²) in [4.78, 5) is 20.9. The standard InChI is InChI=1S/C42H60O4/c1-40(37-33-29-25-21-17-13-9-7-11-15-19-23-27-31-35-39-42(45)46)36-32-28-24-20-16-12-8-5-3-2-4-6-10-14-18-22-26-30-34-38-41(43)44/h2-3,5-6,9,11-16,18,21,23,25-27,30,33,37,40H,7-8,10,17,19-20,22,24,28-29,31-32,34-36,38-39H2,1H3,(H,43,44)(H,45,46). The summed E-state index contributed by atoms with van der Waals surface area (Å²) in [6.45, 7) is 2.31. The average molecular weight is 629 g/mol. The van der Waals surface area contributed by atoms with Crippen LogP contribution in [0, 0.1) is 5.92 Å². The van der Waals surface area contributed by atoms with E-state index in [0.29, 0.717) is 18.8 Å². The summed E-state index contributed by atoms with van der Waals surface area (Å²) in [5.74, 6) is -0.839. The quantitative estimate of drug-likeness (QED) is 0.0374. The van der Waals surface area contributed by atoms with E-state index >= 15 is 0 Å². The molecule has 0 heterocycles. The highest BCUT2D eigenvalue weighted by atomic mass is 16.4. The molecule has 1 atom stereocenters. The second-order valence-corrected chi connectivity index (χ2v) is 11.2. The molecular formula is C42H60O4. The van der Waals surface area contributed by atoms with Crippen molar-refractivity contribution in [1.82, 2.24) is 0 Å². The number of hydrogen-bond donors (Lipinski definition) is 2. The lowest BCUT2D eigenvalue weighted by molar-refractivity contribution is -0.138. The Morgan fingerprint density at radius 2 is 1.00 bits per heavy atom.